The van der Waals surface area contributed by atoms with Crippen LogP contribution in [0.15, 0.2) is 24.3 Å². The predicted molar refractivity (Wildman–Crippen MR) is 74.5 cm³/mol. The van der Waals surface area contributed by atoms with Gasteiger partial charge in [0.1, 0.15) is 0 Å². The van der Waals surface area contributed by atoms with E-state index in [-0.39, 0.29) is 24.9 Å². The second kappa shape index (κ2) is 7.92. The highest BCUT2D eigenvalue weighted by Gasteiger charge is 2.13. The molecule has 0 saturated heterocycles. The third-order valence-corrected chi connectivity index (χ3v) is 3.11. The van der Waals surface area contributed by atoms with Gasteiger partial charge in [-0.1, -0.05) is 38.1 Å². The van der Waals surface area contributed by atoms with Crippen molar-refractivity contribution in [2.45, 2.75) is 39.4 Å². The molecule has 0 aromatic heterocycles. The van der Waals surface area contributed by atoms with Gasteiger partial charge in [-0.25, -0.2) is 0 Å². The van der Waals surface area contributed by atoms with Crippen molar-refractivity contribution in [3.63, 3.8) is 0 Å². The second-order valence-corrected chi connectivity index (χ2v) is 5.09. The number of hydrogen-bond acceptors (Lipinski definition) is 3. The largest absolute Gasteiger partial charge is 0.392 e. The lowest BCUT2D eigenvalue weighted by molar-refractivity contribution is -0.123. The van der Waals surface area contributed by atoms with Gasteiger partial charge in [0.15, 0.2) is 0 Å². The summed E-state index contributed by atoms with van der Waals surface area (Å²) in [6, 6.07) is 7.64. The fourth-order valence-corrected chi connectivity index (χ4v) is 1.66. The fourth-order valence-electron chi connectivity index (χ4n) is 1.66. The molecule has 0 fully saturated rings. The van der Waals surface area contributed by atoms with Crippen molar-refractivity contribution in [3.05, 3.63) is 35.4 Å². The maximum absolute atomic E-state index is 11.5. The van der Waals surface area contributed by atoms with Crippen molar-refractivity contribution < 1.29 is 15.0 Å². The van der Waals surface area contributed by atoms with Gasteiger partial charge in [-0.05, 0) is 23.5 Å². The summed E-state index contributed by atoms with van der Waals surface area (Å²) in [4.78, 5) is 11.5. The number of aliphatic hydroxyl groups excluding tert-OH is 2. The first kappa shape index (κ1) is 15.7. The maximum atomic E-state index is 11.5. The van der Waals surface area contributed by atoms with E-state index in [1.165, 1.54) is 0 Å². The topological polar surface area (TPSA) is 69.6 Å². The molecule has 0 aliphatic rings. The highest BCUT2D eigenvalue weighted by atomic mass is 16.3. The van der Waals surface area contributed by atoms with Gasteiger partial charge < -0.3 is 15.5 Å². The van der Waals surface area contributed by atoms with Crippen molar-refractivity contribution >= 4 is 5.91 Å². The lowest BCUT2D eigenvalue weighted by Gasteiger charge is -2.13. The summed E-state index contributed by atoms with van der Waals surface area (Å²) in [6.45, 7) is 4.38. The van der Waals surface area contributed by atoms with Crippen LogP contribution in [0.3, 0.4) is 0 Å². The summed E-state index contributed by atoms with van der Waals surface area (Å²) >= 11 is 0. The second-order valence-electron chi connectivity index (χ2n) is 5.09. The van der Waals surface area contributed by atoms with Gasteiger partial charge in [0.2, 0.25) is 5.91 Å². The minimum atomic E-state index is -0.580. The predicted octanol–water partition coefficient (Wildman–Crippen LogP) is 1.24. The zero-order valence-corrected chi connectivity index (χ0v) is 11.6. The molecule has 0 spiro atoms. The van der Waals surface area contributed by atoms with E-state index in [9.17, 15) is 9.90 Å². The molecule has 19 heavy (non-hydrogen) atoms. The zero-order valence-electron chi connectivity index (χ0n) is 11.6. The standard InChI is InChI=1S/C15H23NO3/c1-11(2)14(18)9-15(19)16-8-7-12-3-5-13(10-17)6-4-12/h3-6,11,14,17-18H,7-10H2,1-2H3,(H,16,19). The Hall–Kier alpha value is -1.39. The first-order chi connectivity index (χ1) is 9.02. The molecular formula is C15H23NO3. The highest BCUT2D eigenvalue weighted by molar-refractivity contribution is 5.76. The number of hydrogen-bond donors (Lipinski definition) is 3. The molecular weight excluding hydrogens is 242 g/mol. The molecule has 1 aromatic rings. The number of rotatable bonds is 7. The van der Waals surface area contributed by atoms with Crippen LogP contribution in [0.2, 0.25) is 0 Å². The van der Waals surface area contributed by atoms with Crippen LogP contribution in [0.25, 0.3) is 0 Å². The van der Waals surface area contributed by atoms with E-state index < -0.39 is 6.10 Å². The lowest BCUT2D eigenvalue weighted by atomic mass is 10.0. The van der Waals surface area contributed by atoms with Crippen molar-refractivity contribution in [1.29, 1.82) is 0 Å². The minimum absolute atomic E-state index is 0.0457. The first-order valence-electron chi connectivity index (χ1n) is 6.66. The van der Waals surface area contributed by atoms with Crippen LogP contribution in [-0.4, -0.2) is 28.8 Å². The van der Waals surface area contributed by atoms with E-state index >= 15 is 0 Å². The summed E-state index contributed by atoms with van der Waals surface area (Å²) in [5, 5.41) is 21.3. The Morgan fingerprint density at radius 1 is 1.21 bits per heavy atom. The number of nitrogens with one attached hydrogen (secondary N) is 1. The summed E-state index contributed by atoms with van der Waals surface area (Å²) in [5.41, 5.74) is 2.00. The average Bonchev–Trinajstić information content (AvgIpc) is 2.39. The molecule has 1 amide bonds. The molecule has 3 N–H and O–H groups in total. The van der Waals surface area contributed by atoms with E-state index in [1.807, 2.05) is 38.1 Å². The SMILES string of the molecule is CC(C)C(O)CC(=O)NCCc1ccc(CO)cc1. The number of amides is 1. The Kier molecular flexibility index (Phi) is 6.53. The van der Waals surface area contributed by atoms with Crippen LogP contribution in [0.4, 0.5) is 0 Å². The van der Waals surface area contributed by atoms with Gasteiger partial charge >= 0.3 is 0 Å². The minimum Gasteiger partial charge on any atom is -0.392 e. The molecule has 0 saturated carbocycles. The molecule has 1 rings (SSSR count). The van der Waals surface area contributed by atoms with Gasteiger partial charge in [-0.2, -0.15) is 0 Å². The molecule has 1 unspecified atom stereocenters. The van der Waals surface area contributed by atoms with Crippen LogP contribution in [0.1, 0.15) is 31.4 Å². The Morgan fingerprint density at radius 2 is 1.79 bits per heavy atom. The molecule has 0 aliphatic carbocycles. The molecule has 0 heterocycles. The summed E-state index contributed by atoms with van der Waals surface area (Å²) in [6.07, 6.45) is 0.319. The Balaban J connectivity index is 2.27. The van der Waals surface area contributed by atoms with Crippen LogP contribution in [0, 0.1) is 5.92 Å². The number of carbonyl (C=O) groups is 1. The fraction of sp³-hybridized carbons (Fsp3) is 0.533. The summed E-state index contributed by atoms with van der Waals surface area (Å²) in [5.74, 6) is -0.0232. The third kappa shape index (κ3) is 5.85. The van der Waals surface area contributed by atoms with E-state index in [2.05, 4.69) is 5.32 Å². The van der Waals surface area contributed by atoms with Gasteiger partial charge in [-0.15, -0.1) is 0 Å². The molecule has 4 nitrogen and oxygen atoms in total. The molecule has 1 atom stereocenters. The van der Waals surface area contributed by atoms with Crippen molar-refractivity contribution in [1.82, 2.24) is 5.32 Å². The van der Waals surface area contributed by atoms with Crippen LogP contribution < -0.4 is 5.32 Å². The number of benzene rings is 1. The Bertz CT molecular complexity index is 387. The van der Waals surface area contributed by atoms with E-state index in [4.69, 9.17) is 5.11 Å². The monoisotopic (exact) mass is 265 g/mol. The van der Waals surface area contributed by atoms with Gasteiger partial charge in [0, 0.05) is 6.54 Å². The van der Waals surface area contributed by atoms with Crippen molar-refractivity contribution in [3.8, 4) is 0 Å². The van der Waals surface area contributed by atoms with Gasteiger partial charge in [0.25, 0.3) is 0 Å². The summed E-state index contributed by atoms with van der Waals surface area (Å²) in [7, 11) is 0. The number of aliphatic hydroxyl groups is 2. The normalized spacial score (nSPS) is 12.5. The van der Waals surface area contributed by atoms with Crippen LogP contribution in [-0.2, 0) is 17.8 Å². The molecule has 106 valence electrons. The first-order valence-corrected chi connectivity index (χ1v) is 6.66. The molecule has 0 bridgehead atoms. The Labute approximate surface area is 114 Å². The van der Waals surface area contributed by atoms with Crippen LogP contribution >= 0.6 is 0 Å². The number of carbonyl (C=O) groups excluding carboxylic acids is 1. The zero-order chi connectivity index (χ0) is 14.3. The molecule has 0 aliphatic heterocycles. The smallest absolute Gasteiger partial charge is 0.222 e. The van der Waals surface area contributed by atoms with Crippen LogP contribution in [0.5, 0.6) is 0 Å². The quantitative estimate of drug-likeness (QED) is 0.695. The highest BCUT2D eigenvalue weighted by Crippen LogP contribution is 2.06. The maximum Gasteiger partial charge on any atom is 0.222 e. The lowest BCUT2D eigenvalue weighted by Crippen LogP contribution is -2.30. The van der Waals surface area contributed by atoms with E-state index in [0.717, 1.165) is 17.5 Å². The van der Waals surface area contributed by atoms with Gasteiger partial charge in [-0.3, -0.25) is 4.79 Å². The van der Waals surface area contributed by atoms with Crippen molar-refractivity contribution in [2.24, 2.45) is 5.92 Å². The van der Waals surface area contributed by atoms with Gasteiger partial charge in [0.05, 0.1) is 19.1 Å². The molecule has 4 heteroatoms. The summed E-state index contributed by atoms with van der Waals surface area (Å²) < 4.78 is 0. The average molecular weight is 265 g/mol. The Morgan fingerprint density at radius 3 is 2.32 bits per heavy atom. The van der Waals surface area contributed by atoms with E-state index in [1.54, 1.807) is 0 Å². The molecule has 1 aromatic carbocycles. The van der Waals surface area contributed by atoms with E-state index in [0.29, 0.717) is 6.54 Å². The molecule has 0 radical (unpaired) electrons. The van der Waals surface area contributed by atoms with Crippen molar-refractivity contribution in [2.75, 3.05) is 6.54 Å². The third-order valence-electron chi connectivity index (χ3n) is 3.11.